The first-order valence-electron chi connectivity index (χ1n) is 6.96. The van der Waals surface area contributed by atoms with Crippen molar-refractivity contribution in [2.24, 2.45) is 0 Å². The van der Waals surface area contributed by atoms with Gasteiger partial charge in [0.1, 0.15) is 0 Å². The summed E-state index contributed by atoms with van der Waals surface area (Å²) in [4.78, 5) is 0. The highest BCUT2D eigenvalue weighted by molar-refractivity contribution is 5.30. The van der Waals surface area contributed by atoms with Gasteiger partial charge in [-0.2, -0.15) is 0 Å². The molecule has 0 bridgehead atoms. The molecule has 0 saturated carbocycles. The first-order chi connectivity index (χ1) is 9.28. The molecule has 0 amide bonds. The minimum atomic E-state index is 1.01. The summed E-state index contributed by atoms with van der Waals surface area (Å²) in [6, 6.07) is 0. The lowest BCUT2D eigenvalue weighted by Crippen LogP contribution is -2.09. The van der Waals surface area contributed by atoms with Crippen LogP contribution < -0.4 is 5.32 Å². The van der Waals surface area contributed by atoms with Crippen molar-refractivity contribution in [2.75, 3.05) is 0 Å². The zero-order valence-electron chi connectivity index (χ0n) is 13.5. The topological polar surface area (TPSA) is 12.0 Å². The lowest BCUT2D eigenvalue weighted by molar-refractivity contribution is 1.04. The molecule has 0 aliphatic carbocycles. The van der Waals surface area contributed by atoms with Crippen LogP contribution in [0.4, 0.5) is 0 Å². The Hall–Kier alpha value is -1.76. The van der Waals surface area contributed by atoms with E-state index in [1.807, 2.05) is 78.0 Å². The second kappa shape index (κ2) is 21.5. The number of hydrogen-bond acceptors (Lipinski definition) is 1. The van der Waals surface area contributed by atoms with Gasteiger partial charge in [-0.05, 0) is 32.1 Å². The average Bonchev–Trinajstić information content (AvgIpc) is 2.48. The molecular formula is C18H31N. The molecule has 0 atom stereocenters. The molecule has 0 aromatic carbocycles. The van der Waals surface area contributed by atoms with Gasteiger partial charge in [0.05, 0.1) is 0 Å². The smallest absolute Gasteiger partial charge is 0.0380 e. The van der Waals surface area contributed by atoms with E-state index in [4.69, 9.17) is 0 Å². The van der Waals surface area contributed by atoms with Crippen molar-refractivity contribution in [1.82, 2.24) is 5.32 Å². The maximum absolute atomic E-state index is 3.67. The van der Waals surface area contributed by atoms with E-state index >= 15 is 0 Å². The molecule has 0 heterocycles. The van der Waals surface area contributed by atoms with Gasteiger partial charge >= 0.3 is 0 Å². The summed E-state index contributed by atoms with van der Waals surface area (Å²) in [6.45, 7) is 19.3. The van der Waals surface area contributed by atoms with Gasteiger partial charge in [0, 0.05) is 11.4 Å². The maximum atomic E-state index is 3.67. The Labute approximate surface area is 120 Å². The summed E-state index contributed by atoms with van der Waals surface area (Å²) in [5.41, 5.74) is 2.04. The number of hydrogen-bond donors (Lipinski definition) is 1. The van der Waals surface area contributed by atoms with E-state index in [0.29, 0.717) is 0 Å². The summed E-state index contributed by atoms with van der Waals surface area (Å²) in [5, 5.41) is 3.27. The molecule has 0 unspecified atom stereocenters. The van der Waals surface area contributed by atoms with Crippen LogP contribution in [0.5, 0.6) is 0 Å². The molecule has 0 rings (SSSR count). The quantitative estimate of drug-likeness (QED) is 0.585. The van der Waals surface area contributed by atoms with Crippen LogP contribution in [0.25, 0.3) is 0 Å². The number of allylic oxidation sites excluding steroid dienone is 8. The van der Waals surface area contributed by atoms with Crippen LogP contribution in [0.2, 0.25) is 0 Å². The second-order valence-corrected chi connectivity index (χ2v) is 2.82. The summed E-state index contributed by atoms with van der Waals surface area (Å²) in [5.74, 6) is 0. The lowest BCUT2D eigenvalue weighted by atomic mass is 10.3. The Kier molecular flexibility index (Phi) is 25.4. The van der Waals surface area contributed by atoms with Crippen molar-refractivity contribution in [1.29, 1.82) is 0 Å². The molecule has 19 heavy (non-hydrogen) atoms. The zero-order chi connectivity index (χ0) is 15.5. The van der Waals surface area contributed by atoms with Crippen LogP contribution in [0, 0.1) is 0 Å². The highest BCUT2D eigenvalue weighted by Crippen LogP contribution is 2.00. The van der Waals surface area contributed by atoms with E-state index in [2.05, 4.69) is 18.5 Å². The zero-order valence-corrected chi connectivity index (χ0v) is 13.5. The molecule has 0 spiro atoms. The largest absolute Gasteiger partial charge is 0.356 e. The third kappa shape index (κ3) is 16.2. The minimum absolute atomic E-state index is 1.01. The van der Waals surface area contributed by atoms with Gasteiger partial charge in [0.15, 0.2) is 0 Å². The predicted octanol–water partition coefficient (Wildman–Crippen LogP) is 5.92. The Morgan fingerprint density at radius 2 is 1.42 bits per heavy atom. The van der Waals surface area contributed by atoms with Gasteiger partial charge < -0.3 is 5.32 Å². The van der Waals surface area contributed by atoms with Crippen molar-refractivity contribution < 1.29 is 0 Å². The highest BCUT2D eigenvalue weighted by Gasteiger charge is 1.91. The standard InChI is InChI=1S/C14H19N.2C2H6/c1-5-9-12-13(8-4)15-14(10-6-2)11-7-3;2*1-2/h5-12,15H,1-2H2,3-4H3;2*1-2H3/b11-7-,12-9-,13-8+,14-10+;;. The average molecular weight is 261 g/mol. The van der Waals surface area contributed by atoms with E-state index in [9.17, 15) is 0 Å². The summed E-state index contributed by atoms with van der Waals surface area (Å²) in [6.07, 6.45) is 15.3. The number of nitrogens with one attached hydrogen (secondary N) is 1. The van der Waals surface area contributed by atoms with Crippen molar-refractivity contribution in [3.63, 3.8) is 0 Å². The van der Waals surface area contributed by atoms with Crippen LogP contribution in [0.3, 0.4) is 0 Å². The van der Waals surface area contributed by atoms with Crippen LogP contribution >= 0.6 is 0 Å². The molecule has 0 aromatic heterocycles. The Bertz CT molecular complexity index is 315. The van der Waals surface area contributed by atoms with E-state index < -0.39 is 0 Å². The van der Waals surface area contributed by atoms with Gasteiger partial charge in [0.2, 0.25) is 0 Å². The molecule has 0 fully saturated rings. The summed E-state index contributed by atoms with van der Waals surface area (Å²) >= 11 is 0. The van der Waals surface area contributed by atoms with Gasteiger partial charge in [-0.25, -0.2) is 0 Å². The van der Waals surface area contributed by atoms with Gasteiger partial charge in [0.25, 0.3) is 0 Å². The Morgan fingerprint density at radius 1 is 0.842 bits per heavy atom. The van der Waals surface area contributed by atoms with Crippen molar-refractivity contribution in [3.8, 4) is 0 Å². The second-order valence-electron chi connectivity index (χ2n) is 2.82. The third-order valence-electron chi connectivity index (χ3n) is 1.66. The fourth-order valence-corrected chi connectivity index (χ4v) is 0.994. The van der Waals surface area contributed by atoms with Crippen LogP contribution in [-0.4, -0.2) is 0 Å². The maximum Gasteiger partial charge on any atom is 0.0380 e. The summed E-state index contributed by atoms with van der Waals surface area (Å²) in [7, 11) is 0. The summed E-state index contributed by atoms with van der Waals surface area (Å²) < 4.78 is 0. The van der Waals surface area contributed by atoms with E-state index in [-0.39, 0.29) is 0 Å². The third-order valence-corrected chi connectivity index (χ3v) is 1.66. The Morgan fingerprint density at radius 3 is 1.79 bits per heavy atom. The van der Waals surface area contributed by atoms with Gasteiger partial charge in [-0.15, -0.1) is 0 Å². The molecular weight excluding hydrogens is 230 g/mol. The molecule has 1 heteroatoms. The van der Waals surface area contributed by atoms with Crippen LogP contribution in [0.1, 0.15) is 41.5 Å². The van der Waals surface area contributed by atoms with Gasteiger partial charge in [-0.3, -0.25) is 0 Å². The molecule has 0 aromatic rings. The van der Waals surface area contributed by atoms with Crippen molar-refractivity contribution >= 4 is 0 Å². The normalized spacial score (nSPS) is 11.3. The van der Waals surface area contributed by atoms with E-state index in [1.165, 1.54) is 0 Å². The monoisotopic (exact) mass is 261 g/mol. The molecule has 1 nitrogen and oxygen atoms in total. The Balaban J connectivity index is -0.000000579. The van der Waals surface area contributed by atoms with Gasteiger partial charge in [-0.1, -0.05) is 71.2 Å². The fraction of sp³-hybridized carbons (Fsp3) is 0.333. The first kappa shape index (κ1) is 22.4. The van der Waals surface area contributed by atoms with E-state index in [1.54, 1.807) is 12.2 Å². The van der Waals surface area contributed by atoms with Crippen LogP contribution in [-0.2, 0) is 0 Å². The fourth-order valence-electron chi connectivity index (χ4n) is 0.994. The van der Waals surface area contributed by atoms with Crippen molar-refractivity contribution in [2.45, 2.75) is 41.5 Å². The van der Waals surface area contributed by atoms with Crippen LogP contribution in [0.15, 0.2) is 73.2 Å². The predicted molar refractivity (Wildman–Crippen MR) is 92.0 cm³/mol. The van der Waals surface area contributed by atoms with Crippen molar-refractivity contribution in [3.05, 3.63) is 73.2 Å². The molecule has 0 saturated heterocycles. The molecule has 1 N–H and O–H groups in total. The minimum Gasteiger partial charge on any atom is -0.356 e. The molecule has 0 radical (unpaired) electrons. The molecule has 0 aliphatic heterocycles. The highest BCUT2D eigenvalue weighted by atomic mass is 14.9. The van der Waals surface area contributed by atoms with E-state index in [0.717, 1.165) is 11.4 Å². The first-order valence-corrected chi connectivity index (χ1v) is 6.96. The lowest BCUT2D eigenvalue weighted by Gasteiger charge is -2.06. The number of rotatable bonds is 6. The SMILES string of the molecule is C=C/C=C\C(=C/C)NC(/C=C\C)=C/C=C.CC.CC. The molecule has 108 valence electrons. The molecule has 0 aliphatic rings.